The lowest BCUT2D eigenvalue weighted by Crippen LogP contribution is -2.18. The van der Waals surface area contributed by atoms with Gasteiger partial charge in [0, 0.05) is 21.6 Å². The highest BCUT2D eigenvalue weighted by molar-refractivity contribution is 8.06. The number of nitrogen functional groups attached to an aromatic ring is 1. The summed E-state index contributed by atoms with van der Waals surface area (Å²) in [6.07, 6.45) is 0. The lowest BCUT2D eigenvalue weighted by Gasteiger charge is -2.26. The van der Waals surface area contributed by atoms with Gasteiger partial charge in [0.2, 0.25) is 0 Å². The molecule has 0 radical (unpaired) electrons. The summed E-state index contributed by atoms with van der Waals surface area (Å²) in [5.74, 6) is 3.93. The minimum atomic E-state index is 0.373. The largest absolute Gasteiger partial charge is 0.383 e. The lowest BCUT2D eigenvalue weighted by atomic mass is 10.3. The van der Waals surface area contributed by atoms with Gasteiger partial charge in [0.1, 0.15) is 16.5 Å². The number of nitrogens with zero attached hydrogens (tertiary/aromatic N) is 2. The van der Waals surface area contributed by atoms with Crippen molar-refractivity contribution in [1.82, 2.24) is 9.97 Å². The highest BCUT2D eigenvalue weighted by Gasteiger charge is 2.27. The number of thiophene rings is 1. The van der Waals surface area contributed by atoms with Crippen LogP contribution in [0.25, 0.3) is 10.2 Å². The molecule has 3 nitrogen and oxygen atoms in total. The summed E-state index contributed by atoms with van der Waals surface area (Å²) < 4.78 is 0. The minimum absolute atomic E-state index is 0.373. The van der Waals surface area contributed by atoms with Crippen molar-refractivity contribution in [3.05, 3.63) is 16.8 Å². The predicted octanol–water partition coefficient (Wildman–Crippen LogP) is 3.49. The van der Waals surface area contributed by atoms with E-state index >= 15 is 0 Å². The van der Waals surface area contributed by atoms with E-state index in [4.69, 9.17) is 10.7 Å². The second-order valence-electron chi connectivity index (χ2n) is 4.41. The number of thioether (sulfide) groups is 2. The van der Waals surface area contributed by atoms with Crippen LogP contribution in [-0.2, 0) is 0 Å². The first-order chi connectivity index (χ1) is 8.65. The van der Waals surface area contributed by atoms with E-state index < -0.39 is 0 Å². The molecule has 6 heteroatoms. The molecule has 18 heavy (non-hydrogen) atoms. The van der Waals surface area contributed by atoms with Crippen LogP contribution in [0, 0.1) is 6.92 Å². The number of hydrogen-bond donors (Lipinski definition) is 1. The van der Waals surface area contributed by atoms with Crippen LogP contribution < -0.4 is 5.73 Å². The highest BCUT2D eigenvalue weighted by Crippen LogP contribution is 2.42. The topological polar surface area (TPSA) is 51.8 Å². The SMILES string of the molecule is Cc1cc2c(N)nc(C3SCCSC3C)nc2s1. The molecule has 3 heterocycles. The molecule has 2 aromatic rings. The fourth-order valence-corrected chi connectivity index (χ4v) is 5.71. The van der Waals surface area contributed by atoms with Crippen molar-refractivity contribution in [3.63, 3.8) is 0 Å². The number of aryl methyl sites for hydroxylation is 1. The van der Waals surface area contributed by atoms with Gasteiger partial charge in [0.15, 0.2) is 0 Å². The first kappa shape index (κ1) is 12.6. The van der Waals surface area contributed by atoms with Crippen molar-refractivity contribution < 1.29 is 0 Å². The van der Waals surface area contributed by atoms with Crippen LogP contribution in [0.2, 0.25) is 0 Å². The molecule has 0 bridgehead atoms. The van der Waals surface area contributed by atoms with Gasteiger partial charge in [-0.1, -0.05) is 6.92 Å². The van der Waals surface area contributed by atoms with Crippen LogP contribution in [0.1, 0.15) is 22.9 Å². The molecular weight excluding hydrogens is 282 g/mol. The van der Waals surface area contributed by atoms with E-state index in [1.807, 2.05) is 23.5 Å². The zero-order valence-electron chi connectivity index (χ0n) is 10.3. The van der Waals surface area contributed by atoms with Crippen LogP contribution in [0.3, 0.4) is 0 Å². The highest BCUT2D eigenvalue weighted by atomic mass is 32.2. The van der Waals surface area contributed by atoms with Crippen LogP contribution in [0.5, 0.6) is 0 Å². The van der Waals surface area contributed by atoms with Gasteiger partial charge < -0.3 is 5.73 Å². The van der Waals surface area contributed by atoms with Gasteiger partial charge in [0.05, 0.1) is 10.6 Å². The Hall–Kier alpha value is -0.460. The van der Waals surface area contributed by atoms with E-state index in [-0.39, 0.29) is 0 Å². The number of nitrogens with two attached hydrogens (primary N) is 1. The Kier molecular flexibility index (Phi) is 3.42. The molecule has 1 fully saturated rings. The summed E-state index contributed by atoms with van der Waals surface area (Å²) in [7, 11) is 0. The molecule has 2 unspecified atom stereocenters. The summed E-state index contributed by atoms with van der Waals surface area (Å²) in [6.45, 7) is 4.34. The zero-order chi connectivity index (χ0) is 12.7. The first-order valence-electron chi connectivity index (χ1n) is 5.92. The Morgan fingerprint density at radius 1 is 1.28 bits per heavy atom. The van der Waals surface area contributed by atoms with Crippen LogP contribution in [0.4, 0.5) is 5.82 Å². The molecule has 2 N–H and O–H groups in total. The fourth-order valence-electron chi connectivity index (χ4n) is 2.12. The Bertz CT molecular complexity index is 581. The monoisotopic (exact) mass is 297 g/mol. The van der Waals surface area contributed by atoms with Crippen molar-refractivity contribution in [3.8, 4) is 0 Å². The second kappa shape index (κ2) is 4.90. The quantitative estimate of drug-likeness (QED) is 0.873. The average molecular weight is 297 g/mol. The first-order valence-corrected chi connectivity index (χ1v) is 8.83. The predicted molar refractivity (Wildman–Crippen MR) is 83.7 cm³/mol. The lowest BCUT2D eigenvalue weighted by molar-refractivity contribution is 0.836. The number of aromatic nitrogens is 2. The molecule has 0 amide bonds. The van der Waals surface area contributed by atoms with Gasteiger partial charge in [-0.3, -0.25) is 0 Å². The van der Waals surface area contributed by atoms with Crippen molar-refractivity contribution in [2.45, 2.75) is 24.3 Å². The van der Waals surface area contributed by atoms with E-state index in [0.717, 1.165) is 16.0 Å². The van der Waals surface area contributed by atoms with Crippen molar-refractivity contribution in [2.24, 2.45) is 0 Å². The third-order valence-corrected chi connectivity index (χ3v) is 7.04. The summed E-state index contributed by atoms with van der Waals surface area (Å²) in [6, 6.07) is 2.07. The van der Waals surface area contributed by atoms with Crippen LogP contribution >= 0.6 is 34.9 Å². The average Bonchev–Trinajstić information content (AvgIpc) is 2.71. The van der Waals surface area contributed by atoms with Gasteiger partial charge in [-0.15, -0.1) is 23.1 Å². The number of rotatable bonds is 1. The number of anilines is 1. The molecular formula is C12H15N3S3. The van der Waals surface area contributed by atoms with Crippen LogP contribution in [0.15, 0.2) is 6.07 Å². The van der Waals surface area contributed by atoms with Gasteiger partial charge in [-0.2, -0.15) is 11.8 Å². The standard InChI is InChI=1S/C12H15N3S3/c1-6-5-8-10(13)14-11(15-12(8)18-6)9-7(2)16-3-4-17-9/h5,7,9H,3-4H2,1-2H3,(H2,13,14,15). The molecule has 1 saturated heterocycles. The maximum Gasteiger partial charge on any atom is 0.146 e. The molecule has 0 aromatic carbocycles. The Labute approximate surface area is 119 Å². The van der Waals surface area contributed by atoms with E-state index in [9.17, 15) is 0 Å². The van der Waals surface area contributed by atoms with Gasteiger partial charge in [-0.25, -0.2) is 9.97 Å². The van der Waals surface area contributed by atoms with Crippen molar-refractivity contribution >= 4 is 50.9 Å². The molecule has 0 spiro atoms. The third kappa shape index (κ3) is 2.21. The summed E-state index contributed by atoms with van der Waals surface area (Å²) >= 11 is 5.65. The maximum atomic E-state index is 6.06. The van der Waals surface area contributed by atoms with E-state index in [0.29, 0.717) is 16.3 Å². The molecule has 2 aromatic heterocycles. The van der Waals surface area contributed by atoms with E-state index in [1.54, 1.807) is 11.3 Å². The van der Waals surface area contributed by atoms with Crippen molar-refractivity contribution in [2.75, 3.05) is 17.2 Å². The fraction of sp³-hybridized carbons (Fsp3) is 0.500. The van der Waals surface area contributed by atoms with Gasteiger partial charge in [-0.05, 0) is 13.0 Å². The Morgan fingerprint density at radius 2 is 2.06 bits per heavy atom. The Balaban J connectivity index is 2.06. The van der Waals surface area contributed by atoms with Gasteiger partial charge >= 0.3 is 0 Å². The molecule has 3 rings (SSSR count). The molecule has 0 aliphatic carbocycles. The zero-order valence-corrected chi connectivity index (χ0v) is 12.8. The maximum absolute atomic E-state index is 6.06. The van der Waals surface area contributed by atoms with Crippen LogP contribution in [-0.4, -0.2) is 26.7 Å². The van der Waals surface area contributed by atoms with E-state index in [1.165, 1.54) is 16.4 Å². The van der Waals surface area contributed by atoms with Gasteiger partial charge in [0.25, 0.3) is 0 Å². The smallest absolute Gasteiger partial charge is 0.146 e. The second-order valence-corrected chi connectivity index (χ2v) is 8.38. The molecule has 1 aliphatic rings. The van der Waals surface area contributed by atoms with Crippen molar-refractivity contribution in [1.29, 1.82) is 0 Å². The van der Waals surface area contributed by atoms with E-state index in [2.05, 4.69) is 24.9 Å². The number of fused-ring (bicyclic) bond motifs is 1. The minimum Gasteiger partial charge on any atom is -0.383 e. The third-order valence-electron chi connectivity index (χ3n) is 3.01. The number of hydrogen-bond acceptors (Lipinski definition) is 6. The molecule has 0 saturated carbocycles. The molecule has 1 aliphatic heterocycles. The summed E-state index contributed by atoms with van der Waals surface area (Å²) in [5.41, 5.74) is 6.06. The Morgan fingerprint density at radius 3 is 2.83 bits per heavy atom. The molecule has 96 valence electrons. The normalized spacial score (nSPS) is 24.6. The summed E-state index contributed by atoms with van der Waals surface area (Å²) in [5, 5.41) is 1.93. The summed E-state index contributed by atoms with van der Waals surface area (Å²) in [4.78, 5) is 11.5. The molecule has 2 atom stereocenters.